The molecule has 0 fully saturated rings. The first-order valence-corrected chi connectivity index (χ1v) is 1.95. The van der Waals surface area contributed by atoms with Crippen molar-refractivity contribution in [2.24, 2.45) is 0 Å². The van der Waals surface area contributed by atoms with E-state index in [0.717, 1.165) is 0 Å². The minimum absolute atomic E-state index is 0.449. The van der Waals surface area contributed by atoms with Gasteiger partial charge in [0, 0.05) is 0 Å². The molecule has 0 saturated heterocycles. The first-order valence-electron chi connectivity index (χ1n) is 1.95. The van der Waals surface area contributed by atoms with Crippen LogP contribution in [0.15, 0.2) is 0 Å². The van der Waals surface area contributed by atoms with E-state index in [1.165, 1.54) is 0 Å². The van der Waals surface area contributed by atoms with Crippen LogP contribution in [-0.2, 0) is 0 Å². The van der Waals surface area contributed by atoms with Gasteiger partial charge in [0.1, 0.15) is 0 Å². The Morgan fingerprint density at radius 1 is 1.57 bits per heavy atom. The molecule has 1 N–H and O–H groups in total. The molecular formula is C6H6N+. The van der Waals surface area contributed by atoms with E-state index in [1.807, 2.05) is 0 Å². The fourth-order valence-electron chi connectivity index (χ4n) is 0.197. The van der Waals surface area contributed by atoms with Gasteiger partial charge in [-0.3, -0.25) is 0 Å². The predicted molar refractivity (Wildman–Crippen MR) is 28.8 cm³/mol. The molecule has 0 radical (unpaired) electrons. The van der Waals surface area contributed by atoms with Crippen molar-refractivity contribution >= 4 is 0 Å². The van der Waals surface area contributed by atoms with Crippen LogP contribution in [0.5, 0.6) is 0 Å². The molecule has 0 aliphatic carbocycles. The van der Waals surface area contributed by atoms with E-state index in [4.69, 9.17) is 12.8 Å². The van der Waals surface area contributed by atoms with Crippen molar-refractivity contribution in [1.29, 1.82) is 0 Å². The molecule has 34 valence electrons. The molecule has 0 rings (SSSR count). The molecule has 0 aliphatic heterocycles. The number of terminal acetylenes is 1. The van der Waals surface area contributed by atoms with Crippen LogP contribution in [0.3, 0.4) is 0 Å². The molecule has 0 aromatic rings. The van der Waals surface area contributed by atoms with Crippen molar-refractivity contribution in [3.8, 4) is 18.3 Å². The summed E-state index contributed by atoms with van der Waals surface area (Å²) in [7, 11) is 0. The number of hydrogen-bond donors (Lipinski definition) is 1. The molecule has 1 nitrogen and oxygen atoms in total. The quantitative estimate of drug-likeness (QED) is 0.282. The van der Waals surface area contributed by atoms with Gasteiger partial charge in [-0.1, -0.05) is 0 Å². The third-order valence-corrected chi connectivity index (χ3v) is 0.440. The first-order chi connectivity index (χ1) is 3.41. The van der Waals surface area contributed by atoms with Crippen LogP contribution in [-0.4, -0.2) is 13.1 Å². The third kappa shape index (κ3) is 5.30. The monoisotopic (exact) mass is 92.0 g/mol. The Bertz CT molecular complexity index is 88.3. The van der Waals surface area contributed by atoms with E-state index in [9.17, 15) is 0 Å². The fraction of sp³-hybridized carbons (Fsp3) is 0.333. The van der Waals surface area contributed by atoms with E-state index in [2.05, 4.69) is 17.2 Å². The van der Waals surface area contributed by atoms with Gasteiger partial charge in [0.25, 0.3) is 0 Å². The second-order valence-corrected chi connectivity index (χ2v) is 0.984. The van der Waals surface area contributed by atoms with Gasteiger partial charge in [0.05, 0.1) is 0 Å². The summed E-state index contributed by atoms with van der Waals surface area (Å²) in [5.74, 6) is 4.51. The topological polar surface area (TPSA) is 12.0 Å². The van der Waals surface area contributed by atoms with Gasteiger partial charge in [-0.05, 0) is 0 Å². The Morgan fingerprint density at radius 3 is 2.71 bits per heavy atom. The average Bonchev–Trinajstić information content (AvgIpc) is 1.69. The normalized spacial score (nSPS) is 7.00. The fourth-order valence-corrected chi connectivity index (χ4v) is 0.197. The molecule has 0 aromatic heterocycles. The summed E-state index contributed by atoms with van der Waals surface area (Å²) in [5.41, 5.74) is 0. The summed E-state index contributed by atoms with van der Waals surface area (Å²) >= 11 is 0. The zero-order chi connectivity index (χ0) is 5.54. The van der Waals surface area contributed by atoms with E-state index in [1.54, 1.807) is 0 Å². The standard InChI is InChI=1S/C6H6N/c1-3-5-7-6-4-2/h1,7H,5-6H2/q+1. The van der Waals surface area contributed by atoms with E-state index >= 15 is 0 Å². The molecule has 0 unspecified atom stereocenters. The molecule has 0 saturated carbocycles. The van der Waals surface area contributed by atoms with Gasteiger partial charge in [-0.15, -0.1) is 0 Å². The Hall–Kier alpha value is -0.700. The summed E-state index contributed by atoms with van der Waals surface area (Å²) in [6.45, 7) is 0.968. The van der Waals surface area contributed by atoms with Crippen LogP contribution in [0.1, 0.15) is 0 Å². The van der Waals surface area contributed by atoms with Crippen molar-refractivity contribution in [2.45, 2.75) is 0 Å². The average molecular weight is 92.1 g/mol. The molecule has 0 aliphatic rings. The Balaban J connectivity index is 2.77. The zero-order valence-electron chi connectivity index (χ0n) is 3.99. The van der Waals surface area contributed by atoms with Crippen molar-refractivity contribution in [3.05, 3.63) is 6.42 Å². The summed E-state index contributed by atoms with van der Waals surface area (Å²) in [4.78, 5) is 0. The van der Waals surface area contributed by atoms with Crippen LogP contribution in [0, 0.1) is 24.7 Å². The van der Waals surface area contributed by atoms with Gasteiger partial charge in [-0.25, -0.2) is 0 Å². The van der Waals surface area contributed by atoms with Crippen LogP contribution < -0.4 is 5.32 Å². The molecular weight excluding hydrogens is 86.1 g/mol. The van der Waals surface area contributed by atoms with Crippen molar-refractivity contribution in [3.63, 3.8) is 0 Å². The maximum absolute atomic E-state index is 6.40. The summed E-state index contributed by atoms with van der Waals surface area (Å²) < 4.78 is 0. The second kappa shape index (κ2) is 5.30. The van der Waals surface area contributed by atoms with Crippen molar-refractivity contribution in [2.75, 3.05) is 13.1 Å². The molecule has 7 heavy (non-hydrogen) atoms. The van der Waals surface area contributed by atoms with Gasteiger partial charge in [-0.2, -0.15) is 0 Å². The molecule has 0 atom stereocenters. The van der Waals surface area contributed by atoms with Crippen LogP contribution >= 0.6 is 0 Å². The summed E-state index contributed by atoms with van der Waals surface area (Å²) in [6.07, 6.45) is 11.3. The van der Waals surface area contributed by atoms with E-state index in [0.29, 0.717) is 13.1 Å². The number of hydrogen-bond acceptors (Lipinski definition) is 1. The first kappa shape index (κ1) is 6.30. The van der Waals surface area contributed by atoms with Gasteiger partial charge in [0.15, 0.2) is 0 Å². The minimum atomic E-state index is 0.449. The molecule has 0 spiro atoms. The molecule has 0 aromatic carbocycles. The molecule has 1 heteroatoms. The number of rotatable bonds is 2. The van der Waals surface area contributed by atoms with Crippen LogP contribution in [0.2, 0.25) is 0 Å². The molecule has 0 amide bonds. The Kier molecular flexibility index (Phi) is 4.77. The zero-order valence-corrected chi connectivity index (χ0v) is 3.99. The van der Waals surface area contributed by atoms with Gasteiger partial charge in [0.2, 0.25) is 0 Å². The van der Waals surface area contributed by atoms with E-state index in [-0.39, 0.29) is 0 Å². The Labute approximate surface area is 44.1 Å². The molecule has 0 heterocycles. The number of nitrogens with one attached hydrogen (secondary N) is 1. The summed E-state index contributed by atoms with van der Waals surface area (Å²) in [5, 5.41) is 2.75. The van der Waals surface area contributed by atoms with Crippen LogP contribution in [0.4, 0.5) is 0 Å². The summed E-state index contributed by atoms with van der Waals surface area (Å²) in [6, 6.07) is 0. The molecule has 0 bridgehead atoms. The second-order valence-electron chi connectivity index (χ2n) is 0.984. The van der Waals surface area contributed by atoms with Crippen molar-refractivity contribution < 1.29 is 0 Å². The maximum atomic E-state index is 6.40. The third-order valence-electron chi connectivity index (χ3n) is 0.440. The van der Waals surface area contributed by atoms with Crippen LogP contribution in [0.25, 0.3) is 0 Å². The van der Waals surface area contributed by atoms with Gasteiger partial charge >= 0.3 is 43.1 Å². The predicted octanol–water partition coefficient (Wildman–Crippen LogP) is -0.201. The van der Waals surface area contributed by atoms with E-state index < -0.39 is 0 Å². The van der Waals surface area contributed by atoms with Gasteiger partial charge < -0.3 is 0 Å². The SMILES string of the molecule is [C+]#CCNCC#C. The van der Waals surface area contributed by atoms with Crippen molar-refractivity contribution in [1.82, 2.24) is 5.32 Å². The Morgan fingerprint density at radius 2 is 2.29 bits per heavy atom.